The third-order valence-corrected chi connectivity index (χ3v) is 5.01. The minimum atomic E-state index is -4.74. The molecule has 0 unspecified atom stereocenters. The molecule has 9 nitrogen and oxygen atoms in total. The van der Waals surface area contributed by atoms with E-state index in [1.54, 1.807) is 18.2 Å². The van der Waals surface area contributed by atoms with Crippen LogP contribution >= 0.6 is 0 Å². The summed E-state index contributed by atoms with van der Waals surface area (Å²) in [6.45, 7) is -0.437. The zero-order chi connectivity index (χ0) is 27.2. The smallest absolute Gasteiger partial charge is 0.416 e. The van der Waals surface area contributed by atoms with Gasteiger partial charge in [0.2, 0.25) is 0 Å². The topological polar surface area (TPSA) is 128 Å². The van der Waals surface area contributed by atoms with E-state index in [0.717, 1.165) is 6.07 Å². The van der Waals surface area contributed by atoms with Gasteiger partial charge in [-0.3, -0.25) is 14.9 Å². The molecule has 0 heterocycles. The number of carboxylic acids is 1. The lowest BCUT2D eigenvalue weighted by atomic mass is 10.1. The number of alkyl halides is 3. The average Bonchev–Trinajstić information content (AvgIpc) is 2.87. The molecule has 12 heteroatoms. The number of methoxy groups -OCH3 is 1. The maximum Gasteiger partial charge on any atom is 0.416 e. The Morgan fingerprint density at radius 2 is 1.76 bits per heavy atom. The van der Waals surface area contributed by atoms with Crippen molar-refractivity contribution in [3.05, 3.63) is 105 Å². The third kappa shape index (κ3) is 6.84. The van der Waals surface area contributed by atoms with Crippen LogP contribution in [0, 0.1) is 10.1 Å². The molecule has 3 rings (SSSR count). The van der Waals surface area contributed by atoms with E-state index in [4.69, 9.17) is 9.47 Å². The quantitative estimate of drug-likeness (QED) is 0.231. The first kappa shape index (κ1) is 26.7. The number of amides is 1. The highest BCUT2D eigenvalue weighted by molar-refractivity contribution is 6.02. The minimum absolute atomic E-state index is 0.0963. The van der Waals surface area contributed by atoms with Gasteiger partial charge in [0.25, 0.3) is 11.6 Å². The Labute approximate surface area is 207 Å². The molecule has 0 saturated carbocycles. The normalized spacial score (nSPS) is 11.5. The van der Waals surface area contributed by atoms with Gasteiger partial charge in [0.15, 0.2) is 11.5 Å². The van der Waals surface area contributed by atoms with Crippen LogP contribution in [0.4, 0.5) is 18.9 Å². The second-order valence-corrected chi connectivity index (χ2v) is 7.48. The van der Waals surface area contributed by atoms with Crippen LogP contribution in [0.1, 0.15) is 27.0 Å². The van der Waals surface area contributed by atoms with E-state index >= 15 is 0 Å². The number of nitro benzene ring substituents is 1. The van der Waals surface area contributed by atoms with E-state index in [1.807, 2.05) is 0 Å². The summed E-state index contributed by atoms with van der Waals surface area (Å²) < 4.78 is 49.5. The molecule has 2 N–H and O–H groups in total. The second kappa shape index (κ2) is 11.2. The number of benzene rings is 3. The van der Waals surface area contributed by atoms with Gasteiger partial charge in [-0.2, -0.15) is 13.2 Å². The number of nitrogens with zero attached hydrogens (tertiary/aromatic N) is 1. The number of hydrogen-bond acceptors (Lipinski definition) is 6. The van der Waals surface area contributed by atoms with Gasteiger partial charge in [-0.05, 0) is 48.0 Å². The lowest BCUT2D eigenvalue weighted by Gasteiger charge is -2.13. The first-order valence-electron chi connectivity index (χ1n) is 10.5. The van der Waals surface area contributed by atoms with Gasteiger partial charge in [-0.25, -0.2) is 4.79 Å². The van der Waals surface area contributed by atoms with Crippen molar-refractivity contribution < 1.29 is 42.3 Å². The lowest BCUT2D eigenvalue weighted by molar-refractivity contribution is -0.386. The maximum absolute atomic E-state index is 12.9. The second-order valence-electron chi connectivity index (χ2n) is 7.48. The van der Waals surface area contributed by atoms with Gasteiger partial charge in [-0.15, -0.1) is 0 Å². The summed E-state index contributed by atoms with van der Waals surface area (Å²) in [6.07, 6.45) is -3.55. The molecule has 0 aliphatic rings. The number of ether oxygens (including phenoxy) is 2. The largest absolute Gasteiger partial charge is 0.493 e. The summed E-state index contributed by atoms with van der Waals surface area (Å²) in [5, 5.41) is 23.1. The van der Waals surface area contributed by atoms with E-state index in [9.17, 15) is 38.0 Å². The molecular formula is C25H19F3N2O7. The van der Waals surface area contributed by atoms with E-state index in [0.29, 0.717) is 17.7 Å². The van der Waals surface area contributed by atoms with Gasteiger partial charge < -0.3 is 19.9 Å². The summed E-state index contributed by atoms with van der Waals surface area (Å²) in [6, 6.07) is 14.3. The van der Waals surface area contributed by atoms with Crippen LogP contribution < -0.4 is 14.8 Å². The standard InChI is InChI=1S/C25H19F3N2O7/c1-36-22-12-15(11-19(24(32)33)29-23(31)16-5-3-2-4-6-16)7-10-21(22)37-14-17-8-9-18(25(26,27)28)13-20(17)30(34)35/h2-13H,14H2,1H3,(H,29,31)(H,32,33). The molecule has 0 saturated heterocycles. The van der Waals surface area contributed by atoms with Crippen LogP contribution in [0.5, 0.6) is 11.5 Å². The van der Waals surface area contributed by atoms with E-state index in [1.165, 1.54) is 43.5 Å². The number of rotatable bonds is 9. The number of aliphatic carboxylic acids is 1. The predicted molar refractivity (Wildman–Crippen MR) is 125 cm³/mol. The van der Waals surface area contributed by atoms with Crippen molar-refractivity contribution in [1.82, 2.24) is 5.32 Å². The van der Waals surface area contributed by atoms with Crippen molar-refractivity contribution in [2.24, 2.45) is 0 Å². The molecule has 0 aliphatic heterocycles. The number of nitrogens with one attached hydrogen (secondary N) is 1. The summed E-state index contributed by atoms with van der Waals surface area (Å²) in [5.74, 6) is -1.81. The Morgan fingerprint density at radius 1 is 1.05 bits per heavy atom. The molecule has 0 bridgehead atoms. The molecular weight excluding hydrogens is 497 g/mol. The summed E-state index contributed by atoms with van der Waals surface area (Å²) >= 11 is 0. The molecule has 0 fully saturated rings. The Morgan fingerprint density at radius 3 is 2.35 bits per heavy atom. The average molecular weight is 516 g/mol. The molecule has 0 radical (unpaired) electrons. The van der Waals surface area contributed by atoms with Gasteiger partial charge in [0.05, 0.1) is 23.2 Å². The van der Waals surface area contributed by atoms with Crippen LogP contribution in [-0.2, 0) is 17.6 Å². The number of nitro groups is 1. The van der Waals surface area contributed by atoms with Crippen LogP contribution in [0.2, 0.25) is 0 Å². The number of carboxylic acid groups (broad SMARTS) is 1. The lowest BCUT2D eigenvalue weighted by Crippen LogP contribution is -2.27. The molecule has 3 aromatic carbocycles. The van der Waals surface area contributed by atoms with Gasteiger partial charge in [0.1, 0.15) is 12.3 Å². The molecule has 0 aliphatic carbocycles. The zero-order valence-corrected chi connectivity index (χ0v) is 19.1. The van der Waals surface area contributed by atoms with Crippen LogP contribution in [0.3, 0.4) is 0 Å². The fraction of sp³-hybridized carbons (Fsp3) is 0.120. The monoisotopic (exact) mass is 516 g/mol. The Kier molecular flexibility index (Phi) is 8.12. The molecule has 3 aromatic rings. The molecule has 192 valence electrons. The van der Waals surface area contributed by atoms with E-state index < -0.39 is 46.5 Å². The van der Waals surface area contributed by atoms with Crippen molar-refractivity contribution in [3.63, 3.8) is 0 Å². The highest BCUT2D eigenvalue weighted by atomic mass is 19.4. The molecule has 37 heavy (non-hydrogen) atoms. The van der Waals surface area contributed by atoms with E-state index in [2.05, 4.69) is 5.32 Å². The van der Waals surface area contributed by atoms with Crippen molar-refractivity contribution in [3.8, 4) is 11.5 Å². The number of hydrogen-bond donors (Lipinski definition) is 2. The van der Waals surface area contributed by atoms with Crippen molar-refractivity contribution in [2.75, 3.05) is 7.11 Å². The number of halogens is 3. The molecule has 0 spiro atoms. The number of carbonyl (C=O) groups is 2. The van der Waals surface area contributed by atoms with Crippen molar-refractivity contribution in [2.45, 2.75) is 12.8 Å². The van der Waals surface area contributed by atoms with Crippen LogP contribution in [0.25, 0.3) is 6.08 Å². The Hall–Kier alpha value is -4.87. The third-order valence-electron chi connectivity index (χ3n) is 5.01. The summed E-state index contributed by atoms with van der Waals surface area (Å²) in [4.78, 5) is 34.3. The summed E-state index contributed by atoms with van der Waals surface area (Å²) in [7, 11) is 1.30. The molecule has 0 aromatic heterocycles. The highest BCUT2D eigenvalue weighted by Gasteiger charge is 2.33. The fourth-order valence-corrected chi connectivity index (χ4v) is 3.18. The minimum Gasteiger partial charge on any atom is -0.493 e. The summed E-state index contributed by atoms with van der Waals surface area (Å²) in [5.41, 5.74) is -1.85. The van der Waals surface area contributed by atoms with Crippen molar-refractivity contribution >= 4 is 23.6 Å². The van der Waals surface area contributed by atoms with Crippen LogP contribution in [0.15, 0.2) is 72.4 Å². The predicted octanol–water partition coefficient (Wildman–Crippen LogP) is 5.06. The molecule has 1 amide bonds. The Bertz CT molecular complexity index is 1360. The zero-order valence-electron chi connectivity index (χ0n) is 19.1. The number of carbonyl (C=O) groups excluding carboxylic acids is 1. The first-order chi connectivity index (χ1) is 17.5. The SMILES string of the molecule is COc1cc(C=C(NC(=O)c2ccccc2)C(=O)O)ccc1OCc1ccc(C(F)(F)F)cc1[N+](=O)[O-]. The van der Waals surface area contributed by atoms with Gasteiger partial charge >= 0.3 is 12.1 Å². The van der Waals surface area contributed by atoms with Gasteiger partial charge in [-0.1, -0.05) is 24.3 Å². The highest BCUT2D eigenvalue weighted by Crippen LogP contribution is 2.34. The molecule has 0 atom stereocenters. The Balaban J connectivity index is 1.82. The first-order valence-corrected chi connectivity index (χ1v) is 10.5. The fourth-order valence-electron chi connectivity index (χ4n) is 3.18. The maximum atomic E-state index is 12.9. The van der Waals surface area contributed by atoms with Gasteiger partial charge in [0, 0.05) is 11.6 Å². The van der Waals surface area contributed by atoms with E-state index in [-0.39, 0.29) is 22.6 Å². The van der Waals surface area contributed by atoms with Crippen molar-refractivity contribution in [1.29, 1.82) is 0 Å². The van der Waals surface area contributed by atoms with Crippen LogP contribution in [-0.4, -0.2) is 29.0 Å².